The molecule has 0 aliphatic carbocycles. The second-order valence-electron chi connectivity index (χ2n) is 6.03. The third-order valence-electron chi connectivity index (χ3n) is 3.91. The fourth-order valence-corrected chi connectivity index (χ4v) is 3.62. The van der Waals surface area contributed by atoms with Gasteiger partial charge >= 0.3 is 0 Å². The van der Waals surface area contributed by atoms with Gasteiger partial charge in [0.2, 0.25) is 0 Å². The number of thiocarbonyl (C=S) groups is 1. The van der Waals surface area contributed by atoms with Crippen LogP contribution in [0.1, 0.15) is 28.7 Å². The van der Waals surface area contributed by atoms with Crippen molar-refractivity contribution in [3.63, 3.8) is 0 Å². The molecule has 0 radical (unpaired) electrons. The number of nitrogens with one attached hydrogen (secondary N) is 2. The molecule has 2 aromatic carbocycles. The normalized spacial score (nSPS) is 10.5. The summed E-state index contributed by atoms with van der Waals surface area (Å²) in [6.45, 7) is 7.26. The van der Waals surface area contributed by atoms with Gasteiger partial charge in [-0.2, -0.15) is 11.8 Å². The van der Waals surface area contributed by atoms with Crippen LogP contribution in [-0.4, -0.2) is 17.4 Å². The first-order chi connectivity index (χ1) is 11.6. The number of hydrogen-bond acceptors (Lipinski definition) is 2. The van der Waals surface area contributed by atoms with Crippen LogP contribution in [-0.2, 0) is 5.75 Å². The van der Waals surface area contributed by atoms with Crippen molar-refractivity contribution in [2.45, 2.75) is 32.9 Å². The predicted molar refractivity (Wildman–Crippen MR) is 112 cm³/mol. The van der Waals surface area contributed by atoms with Crippen molar-refractivity contribution in [1.82, 2.24) is 5.32 Å². The van der Waals surface area contributed by atoms with Crippen LogP contribution >= 0.6 is 24.0 Å². The van der Waals surface area contributed by atoms with Crippen LogP contribution < -0.4 is 10.6 Å². The van der Waals surface area contributed by atoms with Gasteiger partial charge in [0.25, 0.3) is 0 Å². The number of anilines is 1. The summed E-state index contributed by atoms with van der Waals surface area (Å²) in [7, 11) is 0. The molecule has 0 aliphatic rings. The Morgan fingerprint density at radius 2 is 1.83 bits per heavy atom. The summed E-state index contributed by atoms with van der Waals surface area (Å²) in [6.07, 6.45) is 1.10. The van der Waals surface area contributed by atoms with Crippen molar-refractivity contribution in [3.05, 3.63) is 64.7 Å². The van der Waals surface area contributed by atoms with Gasteiger partial charge in [-0.15, -0.1) is 0 Å². The van der Waals surface area contributed by atoms with Crippen LogP contribution in [0.5, 0.6) is 0 Å². The molecule has 0 saturated carbocycles. The van der Waals surface area contributed by atoms with Crippen LogP contribution in [0.25, 0.3) is 0 Å². The molecule has 2 rings (SSSR count). The Kier molecular flexibility index (Phi) is 7.60. The van der Waals surface area contributed by atoms with Gasteiger partial charge in [0.1, 0.15) is 0 Å². The average molecular weight is 359 g/mol. The number of thioether (sulfide) groups is 1. The fraction of sp³-hybridized carbons (Fsp3) is 0.350. The van der Waals surface area contributed by atoms with E-state index in [0.717, 1.165) is 30.2 Å². The van der Waals surface area contributed by atoms with Crippen LogP contribution in [0.3, 0.4) is 0 Å². The number of benzene rings is 2. The average Bonchev–Trinajstić information content (AvgIpc) is 2.56. The van der Waals surface area contributed by atoms with Crippen LogP contribution in [0.15, 0.2) is 42.5 Å². The minimum atomic E-state index is 0.701. The summed E-state index contributed by atoms with van der Waals surface area (Å²) in [6, 6.07) is 14.9. The van der Waals surface area contributed by atoms with E-state index in [-0.39, 0.29) is 0 Å². The van der Waals surface area contributed by atoms with E-state index < -0.39 is 0 Å². The van der Waals surface area contributed by atoms with Gasteiger partial charge in [-0.25, -0.2) is 0 Å². The minimum Gasteiger partial charge on any atom is -0.362 e. The molecular weight excluding hydrogens is 332 g/mol. The van der Waals surface area contributed by atoms with E-state index in [1.54, 1.807) is 0 Å². The topological polar surface area (TPSA) is 24.1 Å². The van der Waals surface area contributed by atoms with Gasteiger partial charge in [0.15, 0.2) is 5.11 Å². The molecule has 0 aliphatic heterocycles. The van der Waals surface area contributed by atoms with Crippen molar-refractivity contribution in [3.8, 4) is 0 Å². The Morgan fingerprint density at radius 3 is 2.62 bits per heavy atom. The first-order valence-electron chi connectivity index (χ1n) is 8.30. The monoisotopic (exact) mass is 358 g/mol. The Balaban J connectivity index is 1.63. The number of aryl methyl sites for hydroxylation is 3. The van der Waals surface area contributed by atoms with E-state index in [0.29, 0.717) is 5.11 Å². The van der Waals surface area contributed by atoms with E-state index in [1.165, 1.54) is 22.3 Å². The molecule has 0 amide bonds. The molecule has 0 spiro atoms. The fourth-order valence-electron chi connectivity index (χ4n) is 2.37. The summed E-state index contributed by atoms with van der Waals surface area (Å²) in [4.78, 5) is 0. The standard InChI is InChI=1S/C20H26N2S2/c1-15-9-10-17(3)19(13-15)22-20(23)21-11-6-12-24-14-18-8-5-4-7-16(18)2/h4-5,7-10,13H,6,11-12,14H2,1-3H3,(H2,21,22,23). The highest BCUT2D eigenvalue weighted by molar-refractivity contribution is 7.98. The van der Waals surface area contributed by atoms with Crippen molar-refractivity contribution < 1.29 is 0 Å². The molecule has 0 atom stereocenters. The van der Waals surface area contributed by atoms with Crippen molar-refractivity contribution in [2.24, 2.45) is 0 Å². The highest BCUT2D eigenvalue weighted by Crippen LogP contribution is 2.17. The molecule has 128 valence electrons. The lowest BCUT2D eigenvalue weighted by Crippen LogP contribution is -2.29. The summed E-state index contributed by atoms with van der Waals surface area (Å²) in [5.74, 6) is 2.21. The molecule has 0 heterocycles. The molecule has 2 N–H and O–H groups in total. The Labute approximate surface area is 155 Å². The first kappa shape index (κ1) is 18.8. The van der Waals surface area contributed by atoms with Crippen molar-refractivity contribution in [1.29, 1.82) is 0 Å². The van der Waals surface area contributed by atoms with Gasteiger partial charge in [-0.3, -0.25) is 0 Å². The third kappa shape index (κ3) is 6.17. The molecule has 2 nitrogen and oxygen atoms in total. The maximum atomic E-state index is 5.38. The molecule has 0 bridgehead atoms. The quantitative estimate of drug-likeness (QED) is 0.523. The minimum absolute atomic E-state index is 0.701. The largest absolute Gasteiger partial charge is 0.362 e. The van der Waals surface area contributed by atoms with Gasteiger partial charge in [-0.05, 0) is 73.5 Å². The maximum absolute atomic E-state index is 5.38. The second kappa shape index (κ2) is 9.70. The molecule has 0 aromatic heterocycles. The summed E-state index contributed by atoms with van der Waals surface area (Å²) >= 11 is 7.36. The first-order valence-corrected chi connectivity index (χ1v) is 9.87. The molecule has 0 saturated heterocycles. The lowest BCUT2D eigenvalue weighted by molar-refractivity contribution is 0.854. The van der Waals surface area contributed by atoms with Crippen LogP contribution in [0, 0.1) is 20.8 Å². The molecule has 4 heteroatoms. The lowest BCUT2D eigenvalue weighted by Gasteiger charge is -2.13. The Morgan fingerprint density at radius 1 is 1.04 bits per heavy atom. The zero-order valence-electron chi connectivity index (χ0n) is 14.7. The Bertz CT molecular complexity index is 683. The highest BCUT2D eigenvalue weighted by Gasteiger charge is 2.02. The maximum Gasteiger partial charge on any atom is 0.170 e. The second-order valence-corrected chi connectivity index (χ2v) is 7.55. The van der Waals surface area contributed by atoms with E-state index in [2.05, 4.69) is 73.9 Å². The SMILES string of the molecule is Cc1ccc(C)c(NC(=S)NCCCSCc2ccccc2C)c1. The van der Waals surface area contributed by atoms with Gasteiger partial charge in [0, 0.05) is 18.0 Å². The Hall–Kier alpha value is -1.52. The smallest absolute Gasteiger partial charge is 0.170 e. The van der Waals surface area contributed by atoms with E-state index in [4.69, 9.17) is 12.2 Å². The molecule has 0 fully saturated rings. The molecular formula is C20H26N2S2. The van der Waals surface area contributed by atoms with E-state index in [1.807, 2.05) is 11.8 Å². The molecule has 24 heavy (non-hydrogen) atoms. The number of rotatable bonds is 7. The van der Waals surface area contributed by atoms with Crippen molar-refractivity contribution >= 4 is 34.8 Å². The third-order valence-corrected chi connectivity index (χ3v) is 5.25. The van der Waals surface area contributed by atoms with E-state index >= 15 is 0 Å². The van der Waals surface area contributed by atoms with Gasteiger partial charge < -0.3 is 10.6 Å². The molecule has 2 aromatic rings. The van der Waals surface area contributed by atoms with E-state index in [9.17, 15) is 0 Å². The van der Waals surface area contributed by atoms with Gasteiger partial charge in [-0.1, -0.05) is 36.4 Å². The number of hydrogen-bond donors (Lipinski definition) is 2. The lowest BCUT2D eigenvalue weighted by atomic mass is 10.1. The predicted octanol–water partition coefficient (Wildman–Crippen LogP) is 5.22. The summed E-state index contributed by atoms with van der Waals surface area (Å²) in [5, 5.41) is 7.29. The summed E-state index contributed by atoms with van der Waals surface area (Å²) < 4.78 is 0. The highest BCUT2D eigenvalue weighted by atomic mass is 32.2. The van der Waals surface area contributed by atoms with Crippen molar-refractivity contribution in [2.75, 3.05) is 17.6 Å². The zero-order valence-corrected chi connectivity index (χ0v) is 16.3. The van der Waals surface area contributed by atoms with Crippen LogP contribution in [0.4, 0.5) is 5.69 Å². The molecule has 0 unspecified atom stereocenters. The summed E-state index contributed by atoms with van der Waals surface area (Å²) in [5.41, 5.74) is 6.34. The zero-order chi connectivity index (χ0) is 17.4. The van der Waals surface area contributed by atoms with Crippen LogP contribution in [0.2, 0.25) is 0 Å². The van der Waals surface area contributed by atoms with Gasteiger partial charge in [0.05, 0.1) is 0 Å².